The standard InChI is InChI=1S/C18H32N2O3S/c1-24(22,23)14-18(9-10-18)13-20-11-7-16(8-12-20)19-17(21)15-5-3-2-4-6-15/h15-16H,2-14H2,1H3,(H,19,21). The van der Waals surface area contributed by atoms with Crippen LogP contribution in [-0.4, -0.2) is 56.9 Å². The topological polar surface area (TPSA) is 66.5 Å². The van der Waals surface area contributed by atoms with Crippen LogP contribution in [0.3, 0.4) is 0 Å². The summed E-state index contributed by atoms with van der Waals surface area (Å²) in [5.41, 5.74) is 0.0196. The molecule has 0 radical (unpaired) electrons. The van der Waals surface area contributed by atoms with Gasteiger partial charge in [-0.1, -0.05) is 19.3 Å². The van der Waals surface area contributed by atoms with E-state index in [1.807, 2.05) is 0 Å². The van der Waals surface area contributed by atoms with E-state index in [1.54, 1.807) is 0 Å². The van der Waals surface area contributed by atoms with E-state index in [1.165, 1.54) is 25.5 Å². The molecule has 1 N–H and O–H groups in total. The number of hydrogen-bond donors (Lipinski definition) is 1. The zero-order chi connectivity index (χ0) is 17.2. The molecule has 0 spiro atoms. The van der Waals surface area contributed by atoms with E-state index >= 15 is 0 Å². The lowest BCUT2D eigenvalue weighted by atomic mass is 9.88. The average Bonchev–Trinajstić information content (AvgIpc) is 3.27. The third-order valence-corrected chi connectivity index (χ3v) is 7.13. The number of nitrogens with one attached hydrogen (secondary N) is 1. The van der Waals surface area contributed by atoms with Crippen molar-refractivity contribution in [3.63, 3.8) is 0 Å². The molecule has 0 unspecified atom stereocenters. The zero-order valence-electron chi connectivity index (χ0n) is 14.9. The summed E-state index contributed by atoms with van der Waals surface area (Å²) in [6.45, 7) is 2.85. The van der Waals surface area contributed by atoms with Crippen LogP contribution in [0.25, 0.3) is 0 Å². The second-order valence-electron chi connectivity index (χ2n) is 8.46. The van der Waals surface area contributed by atoms with Gasteiger partial charge in [-0.3, -0.25) is 4.79 Å². The smallest absolute Gasteiger partial charge is 0.223 e. The molecule has 2 saturated carbocycles. The fraction of sp³-hybridized carbons (Fsp3) is 0.944. The fourth-order valence-corrected chi connectivity index (χ4v) is 5.97. The first kappa shape index (κ1) is 18.2. The van der Waals surface area contributed by atoms with Gasteiger partial charge in [0, 0.05) is 37.8 Å². The maximum atomic E-state index is 12.4. The predicted octanol–water partition coefficient (Wildman–Crippen LogP) is 1.97. The minimum atomic E-state index is -2.89. The lowest BCUT2D eigenvalue weighted by molar-refractivity contribution is -0.127. The average molecular weight is 357 g/mol. The quantitative estimate of drug-likeness (QED) is 0.790. The van der Waals surface area contributed by atoms with Gasteiger partial charge in [0.15, 0.2) is 0 Å². The van der Waals surface area contributed by atoms with Gasteiger partial charge >= 0.3 is 0 Å². The zero-order valence-corrected chi connectivity index (χ0v) is 15.7. The van der Waals surface area contributed by atoms with Crippen molar-refractivity contribution in [2.45, 2.75) is 63.8 Å². The number of piperidine rings is 1. The minimum absolute atomic E-state index is 0.0196. The molecule has 5 nitrogen and oxygen atoms in total. The van der Waals surface area contributed by atoms with Crippen LogP contribution < -0.4 is 5.32 Å². The molecule has 3 rings (SSSR count). The van der Waals surface area contributed by atoms with Crippen molar-refractivity contribution < 1.29 is 13.2 Å². The third-order valence-electron chi connectivity index (χ3n) is 5.99. The molecule has 1 heterocycles. The van der Waals surface area contributed by atoms with E-state index in [-0.39, 0.29) is 17.2 Å². The molecule has 3 fully saturated rings. The van der Waals surface area contributed by atoms with Crippen molar-refractivity contribution in [2.24, 2.45) is 11.3 Å². The summed E-state index contributed by atoms with van der Waals surface area (Å²) in [4.78, 5) is 14.8. The first-order chi connectivity index (χ1) is 11.4. The van der Waals surface area contributed by atoms with Gasteiger partial charge in [-0.25, -0.2) is 8.42 Å². The lowest BCUT2D eigenvalue weighted by Gasteiger charge is -2.35. The van der Waals surface area contributed by atoms with Crippen LogP contribution in [0.5, 0.6) is 0 Å². The molecular weight excluding hydrogens is 324 g/mol. The fourth-order valence-electron chi connectivity index (χ4n) is 4.47. The van der Waals surface area contributed by atoms with Crippen LogP contribution in [0, 0.1) is 11.3 Å². The maximum absolute atomic E-state index is 12.4. The Kier molecular flexibility index (Phi) is 5.55. The second kappa shape index (κ2) is 7.32. The highest BCUT2D eigenvalue weighted by molar-refractivity contribution is 7.90. The number of sulfone groups is 1. The molecule has 2 aliphatic carbocycles. The lowest BCUT2D eigenvalue weighted by Crippen LogP contribution is -2.48. The van der Waals surface area contributed by atoms with Crippen molar-refractivity contribution >= 4 is 15.7 Å². The van der Waals surface area contributed by atoms with E-state index in [0.29, 0.717) is 11.8 Å². The molecule has 1 amide bonds. The van der Waals surface area contributed by atoms with E-state index in [9.17, 15) is 13.2 Å². The van der Waals surface area contributed by atoms with Crippen LogP contribution in [0.4, 0.5) is 0 Å². The van der Waals surface area contributed by atoms with Gasteiger partial charge < -0.3 is 10.2 Å². The van der Waals surface area contributed by atoms with Crippen LogP contribution in [0.1, 0.15) is 57.8 Å². The second-order valence-corrected chi connectivity index (χ2v) is 10.6. The Morgan fingerprint density at radius 2 is 1.71 bits per heavy atom. The first-order valence-corrected chi connectivity index (χ1v) is 11.6. The van der Waals surface area contributed by atoms with Crippen LogP contribution in [-0.2, 0) is 14.6 Å². The number of nitrogens with zero attached hydrogens (tertiary/aromatic N) is 1. The Bertz CT molecular complexity index is 543. The summed E-state index contributed by atoms with van der Waals surface area (Å²) >= 11 is 0. The van der Waals surface area contributed by atoms with Crippen LogP contribution in [0.2, 0.25) is 0 Å². The Labute approximate surface area is 146 Å². The minimum Gasteiger partial charge on any atom is -0.353 e. The summed E-state index contributed by atoms with van der Waals surface area (Å²) in [5.74, 6) is 0.836. The van der Waals surface area contributed by atoms with Gasteiger partial charge in [-0.2, -0.15) is 0 Å². The highest BCUT2D eigenvalue weighted by Gasteiger charge is 2.46. The number of likely N-dealkylation sites (tertiary alicyclic amines) is 1. The van der Waals surface area contributed by atoms with Gasteiger partial charge in [0.2, 0.25) is 5.91 Å². The van der Waals surface area contributed by atoms with Crippen LogP contribution >= 0.6 is 0 Å². The Hall–Kier alpha value is -0.620. The van der Waals surface area contributed by atoms with E-state index in [0.717, 1.165) is 58.2 Å². The molecule has 0 bridgehead atoms. The van der Waals surface area contributed by atoms with E-state index in [2.05, 4.69) is 10.2 Å². The van der Waals surface area contributed by atoms with Gasteiger partial charge in [-0.05, 0) is 43.9 Å². The molecule has 138 valence electrons. The maximum Gasteiger partial charge on any atom is 0.223 e. The number of carbonyl (C=O) groups is 1. The number of rotatable bonds is 6. The number of carbonyl (C=O) groups excluding carboxylic acids is 1. The largest absolute Gasteiger partial charge is 0.353 e. The molecule has 24 heavy (non-hydrogen) atoms. The number of amides is 1. The third kappa shape index (κ3) is 5.19. The molecule has 6 heteroatoms. The highest BCUT2D eigenvalue weighted by atomic mass is 32.2. The Morgan fingerprint density at radius 1 is 1.08 bits per heavy atom. The van der Waals surface area contributed by atoms with Gasteiger partial charge in [-0.15, -0.1) is 0 Å². The number of hydrogen-bond acceptors (Lipinski definition) is 4. The SMILES string of the molecule is CS(=O)(=O)CC1(CN2CCC(NC(=O)C3CCCCC3)CC2)CC1. The molecule has 0 aromatic heterocycles. The Balaban J connectivity index is 1.40. The summed E-state index contributed by atoms with van der Waals surface area (Å²) in [6, 6.07) is 0.306. The summed E-state index contributed by atoms with van der Waals surface area (Å²) in [6.07, 6.45) is 11.2. The monoisotopic (exact) mass is 356 g/mol. The van der Waals surface area contributed by atoms with Gasteiger partial charge in [0.1, 0.15) is 9.84 Å². The van der Waals surface area contributed by atoms with Crippen molar-refractivity contribution in [3.8, 4) is 0 Å². The molecule has 0 aromatic carbocycles. The molecule has 0 aromatic rings. The molecule has 0 atom stereocenters. The molecule has 1 saturated heterocycles. The van der Waals surface area contributed by atoms with Gasteiger partial charge in [0.05, 0.1) is 5.75 Å². The molecule has 3 aliphatic rings. The normalized spacial score (nSPS) is 26.2. The molecular formula is C18H32N2O3S. The van der Waals surface area contributed by atoms with Crippen molar-refractivity contribution in [1.82, 2.24) is 10.2 Å². The van der Waals surface area contributed by atoms with E-state index < -0.39 is 9.84 Å². The molecule has 1 aliphatic heterocycles. The van der Waals surface area contributed by atoms with E-state index in [4.69, 9.17) is 0 Å². The van der Waals surface area contributed by atoms with Crippen molar-refractivity contribution in [3.05, 3.63) is 0 Å². The van der Waals surface area contributed by atoms with Crippen LogP contribution in [0.15, 0.2) is 0 Å². The summed E-state index contributed by atoms with van der Waals surface area (Å²) in [7, 11) is -2.89. The predicted molar refractivity (Wildman–Crippen MR) is 95.6 cm³/mol. The summed E-state index contributed by atoms with van der Waals surface area (Å²) in [5, 5.41) is 3.26. The summed E-state index contributed by atoms with van der Waals surface area (Å²) < 4.78 is 23.2. The van der Waals surface area contributed by atoms with Gasteiger partial charge in [0.25, 0.3) is 0 Å². The van der Waals surface area contributed by atoms with Crippen molar-refractivity contribution in [2.75, 3.05) is 31.6 Å². The first-order valence-electron chi connectivity index (χ1n) is 9.56. The van der Waals surface area contributed by atoms with Crippen molar-refractivity contribution in [1.29, 1.82) is 0 Å². The highest BCUT2D eigenvalue weighted by Crippen LogP contribution is 2.47. The Morgan fingerprint density at radius 3 is 2.25 bits per heavy atom.